The van der Waals surface area contributed by atoms with Gasteiger partial charge in [0.1, 0.15) is 0 Å². The Morgan fingerprint density at radius 2 is 1.70 bits per heavy atom. The standard InChI is InChI=1S/C18H35NO/c1-15(2)18(6)11-13-19(14-12-18)16(20)9-7-8-10-17(3,4)5/h15H,7-14H2,1-6H3. The van der Waals surface area contributed by atoms with Crippen LogP contribution in [0.2, 0.25) is 0 Å². The van der Waals surface area contributed by atoms with Crippen molar-refractivity contribution in [1.82, 2.24) is 4.90 Å². The molecular formula is C18H35NO. The number of piperidine rings is 1. The molecule has 1 saturated heterocycles. The van der Waals surface area contributed by atoms with Gasteiger partial charge in [-0.3, -0.25) is 4.79 Å². The normalized spacial score (nSPS) is 19.4. The van der Waals surface area contributed by atoms with Crippen molar-refractivity contribution in [2.75, 3.05) is 13.1 Å². The molecule has 20 heavy (non-hydrogen) atoms. The lowest BCUT2D eigenvalue weighted by Gasteiger charge is -2.42. The average molecular weight is 281 g/mol. The van der Waals surface area contributed by atoms with E-state index >= 15 is 0 Å². The number of likely N-dealkylation sites (tertiary alicyclic amines) is 1. The van der Waals surface area contributed by atoms with Gasteiger partial charge in [0.2, 0.25) is 5.91 Å². The van der Waals surface area contributed by atoms with E-state index < -0.39 is 0 Å². The second-order valence-corrected chi connectivity index (χ2v) is 8.46. The van der Waals surface area contributed by atoms with Gasteiger partial charge in [-0.1, -0.05) is 48.0 Å². The van der Waals surface area contributed by atoms with Crippen LogP contribution in [0.25, 0.3) is 0 Å². The average Bonchev–Trinajstić information content (AvgIpc) is 2.34. The van der Waals surface area contributed by atoms with Crippen LogP contribution >= 0.6 is 0 Å². The van der Waals surface area contributed by atoms with E-state index in [0.29, 0.717) is 22.7 Å². The summed E-state index contributed by atoms with van der Waals surface area (Å²) in [7, 11) is 0. The Bertz CT molecular complexity index is 306. The van der Waals surface area contributed by atoms with E-state index in [-0.39, 0.29) is 0 Å². The van der Waals surface area contributed by atoms with Gasteiger partial charge in [0.05, 0.1) is 0 Å². The fourth-order valence-corrected chi connectivity index (χ4v) is 2.93. The second kappa shape index (κ2) is 6.95. The summed E-state index contributed by atoms with van der Waals surface area (Å²) in [6, 6.07) is 0. The molecule has 0 unspecified atom stereocenters. The van der Waals surface area contributed by atoms with Crippen molar-refractivity contribution in [3.63, 3.8) is 0 Å². The Morgan fingerprint density at radius 1 is 1.15 bits per heavy atom. The van der Waals surface area contributed by atoms with Crippen LogP contribution in [0.15, 0.2) is 0 Å². The lowest BCUT2D eigenvalue weighted by molar-refractivity contribution is -0.134. The first-order valence-electron chi connectivity index (χ1n) is 8.42. The van der Waals surface area contributed by atoms with Crippen LogP contribution in [0.5, 0.6) is 0 Å². The number of carbonyl (C=O) groups is 1. The smallest absolute Gasteiger partial charge is 0.222 e. The highest BCUT2D eigenvalue weighted by Gasteiger charge is 2.33. The number of unbranched alkanes of at least 4 members (excludes halogenated alkanes) is 1. The van der Waals surface area contributed by atoms with Crippen molar-refractivity contribution < 1.29 is 4.79 Å². The van der Waals surface area contributed by atoms with Crippen LogP contribution < -0.4 is 0 Å². The molecule has 118 valence electrons. The van der Waals surface area contributed by atoms with E-state index in [9.17, 15) is 4.79 Å². The van der Waals surface area contributed by atoms with Crippen LogP contribution in [-0.4, -0.2) is 23.9 Å². The Kier molecular flexibility index (Phi) is 6.09. The van der Waals surface area contributed by atoms with Crippen molar-refractivity contribution in [3.05, 3.63) is 0 Å². The zero-order valence-electron chi connectivity index (χ0n) is 14.6. The largest absolute Gasteiger partial charge is 0.343 e. The fraction of sp³-hybridized carbons (Fsp3) is 0.944. The summed E-state index contributed by atoms with van der Waals surface area (Å²) in [5, 5.41) is 0. The minimum Gasteiger partial charge on any atom is -0.343 e. The minimum absolute atomic E-state index is 0.379. The van der Waals surface area contributed by atoms with Crippen molar-refractivity contribution >= 4 is 5.91 Å². The monoisotopic (exact) mass is 281 g/mol. The van der Waals surface area contributed by atoms with Gasteiger partial charge in [-0.25, -0.2) is 0 Å². The van der Waals surface area contributed by atoms with Gasteiger partial charge in [-0.05, 0) is 42.4 Å². The predicted molar refractivity (Wildman–Crippen MR) is 86.7 cm³/mol. The van der Waals surface area contributed by atoms with Crippen LogP contribution in [0.3, 0.4) is 0 Å². The topological polar surface area (TPSA) is 20.3 Å². The zero-order valence-corrected chi connectivity index (χ0v) is 14.6. The summed E-state index contributed by atoms with van der Waals surface area (Å²) < 4.78 is 0. The van der Waals surface area contributed by atoms with Crippen LogP contribution in [-0.2, 0) is 4.79 Å². The number of rotatable bonds is 5. The van der Waals surface area contributed by atoms with Crippen LogP contribution in [0, 0.1) is 16.7 Å². The summed E-state index contributed by atoms with van der Waals surface area (Å²) in [6.07, 6.45) is 6.51. The number of hydrogen-bond donors (Lipinski definition) is 0. The molecule has 0 bridgehead atoms. The third kappa shape index (κ3) is 5.46. The molecule has 1 fully saturated rings. The highest BCUT2D eigenvalue weighted by atomic mass is 16.2. The van der Waals surface area contributed by atoms with Gasteiger partial charge in [0.25, 0.3) is 0 Å². The van der Waals surface area contributed by atoms with E-state index in [2.05, 4.69) is 46.4 Å². The van der Waals surface area contributed by atoms with Gasteiger partial charge >= 0.3 is 0 Å². The molecule has 0 atom stereocenters. The molecule has 0 spiro atoms. The van der Waals surface area contributed by atoms with Gasteiger partial charge < -0.3 is 4.90 Å². The Morgan fingerprint density at radius 3 is 2.15 bits per heavy atom. The maximum absolute atomic E-state index is 12.2. The first-order chi connectivity index (χ1) is 9.14. The first-order valence-corrected chi connectivity index (χ1v) is 8.42. The Balaban J connectivity index is 2.26. The highest BCUT2D eigenvalue weighted by molar-refractivity contribution is 5.76. The summed E-state index contributed by atoms with van der Waals surface area (Å²) in [5.41, 5.74) is 0.830. The summed E-state index contributed by atoms with van der Waals surface area (Å²) in [5.74, 6) is 1.09. The van der Waals surface area contributed by atoms with Crippen molar-refractivity contribution in [1.29, 1.82) is 0 Å². The number of hydrogen-bond acceptors (Lipinski definition) is 1. The van der Waals surface area contributed by atoms with Crippen molar-refractivity contribution in [2.24, 2.45) is 16.7 Å². The Hall–Kier alpha value is -0.530. The molecule has 1 aliphatic rings. The second-order valence-electron chi connectivity index (χ2n) is 8.46. The molecule has 0 radical (unpaired) electrons. The molecule has 1 aliphatic heterocycles. The highest BCUT2D eigenvalue weighted by Crippen LogP contribution is 2.38. The number of amides is 1. The van der Waals surface area contributed by atoms with Crippen molar-refractivity contribution in [3.8, 4) is 0 Å². The van der Waals surface area contributed by atoms with Crippen molar-refractivity contribution in [2.45, 2.75) is 80.1 Å². The number of nitrogens with zero attached hydrogens (tertiary/aromatic N) is 1. The number of carbonyl (C=O) groups excluding carboxylic acids is 1. The zero-order chi connectivity index (χ0) is 15.4. The van der Waals surface area contributed by atoms with Gasteiger partial charge in [-0.2, -0.15) is 0 Å². The van der Waals surface area contributed by atoms with E-state index in [1.165, 1.54) is 25.7 Å². The maximum atomic E-state index is 12.2. The maximum Gasteiger partial charge on any atom is 0.222 e. The van der Waals surface area contributed by atoms with Gasteiger partial charge in [0, 0.05) is 19.5 Å². The first kappa shape index (κ1) is 17.5. The lowest BCUT2D eigenvalue weighted by atomic mass is 9.72. The molecule has 0 saturated carbocycles. The van der Waals surface area contributed by atoms with Gasteiger partial charge in [-0.15, -0.1) is 0 Å². The minimum atomic E-state index is 0.379. The van der Waals surface area contributed by atoms with E-state index in [0.717, 1.165) is 25.9 Å². The molecule has 0 aromatic heterocycles. The van der Waals surface area contributed by atoms with Crippen LogP contribution in [0.4, 0.5) is 0 Å². The third-order valence-corrected chi connectivity index (χ3v) is 5.22. The third-order valence-electron chi connectivity index (χ3n) is 5.22. The molecule has 0 aromatic rings. The predicted octanol–water partition coefficient (Wildman–Crippen LogP) is 4.88. The van der Waals surface area contributed by atoms with E-state index in [1.807, 2.05) is 0 Å². The summed E-state index contributed by atoms with van der Waals surface area (Å²) in [4.78, 5) is 14.3. The Labute approximate surface area is 126 Å². The van der Waals surface area contributed by atoms with Gasteiger partial charge in [0.15, 0.2) is 0 Å². The molecule has 0 aliphatic carbocycles. The SMILES string of the molecule is CC(C)C1(C)CCN(C(=O)CCCCC(C)(C)C)CC1. The van der Waals surface area contributed by atoms with E-state index in [1.54, 1.807) is 0 Å². The lowest BCUT2D eigenvalue weighted by Crippen LogP contribution is -2.43. The molecule has 2 nitrogen and oxygen atoms in total. The molecular weight excluding hydrogens is 246 g/mol. The quantitative estimate of drug-likeness (QED) is 0.658. The summed E-state index contributed by atoms with van der Waals surface area (Å²) in [6.45, 7) is 15.7. The summed E-state index contributed by atoms with van der Waals surface area (Å²) >= 11 is 0. The molecule has 0 N–H and O–H groups in total. The molecule has 1 rings (SSSR count). The van der Waals surface area contributed by atoms with Crippen LogP contribution in [0.1, 0.15) is 80.1 Å². The molecule has 2 heteroatoms. The molecule has 0 aromatic carbocycles. The fourth-order valence-electron chi connectivity index (χ4n) is 2.93. The molecule has 1 heterocycles. The van der Waals surface area contributed by atoms with E-state index in [4.69, 9.17) is 0 Å². The molecule has 1 amide bonds.